The molecule has 0 saturated carbocycles. The van der Waals surface area contributed by atoms with E-state index in [4.69, 9.17) is 10.00 Å². The van der Waals surface area contributed by atoms with Gasteiger partial charge in [-0.25, -0.2) is 4.98 Å². The first kappa shape index (κ1) is 14.5. The molecule has 0 saturated heterocycles. The third-order valence-electron chi connectivity index (χ3n) is 3.15. The topological polar surface area (TPSA) is 45.9 Å². The fourth-order valence-electron chi connectivity index (χ4n) is 2.10. The smallest absolute Gasteiger partial charge is 0.128 e. The van der Waals surface area contributed by atoms with Crippen LogP contribution >= 0.6 is 11.3 Å². The first-order valence-corrected chi connectivity index (χ1v) is 7.55. The molecule has 0 spiro atoms. The summed E-state index contributed by atoms with van der Waals surface area (Å²) in [6.07, 6.45) is 1.55. The van der Waals surface area contributed by atoms with Crippen molar-refractivity contribution in [3.05, 3.63) is 44.9 Å². The maximum atomic E-state index is 9.03. The van der Waals surface area contributed by atoms with Crippen LogP contribution < -0.4 is 4.74 Å². The van der Waals surface area contributed by atoms with E-state index in [0.717, 1.165) is 45.3 Å². The quantitative estimate of drug-likeness (QED) is 0.839. The minimum Gasteiger partial charge on any atom is -0.493 e. The molecule has 0 amide bonds. The molecule has 0 aliphatic heterocycles. The summed E-state index contributed by atoms with van der Waals surface area (Å²) in [5.74, 6) is 0.959. The number of hydrogen-bond donors (Lipinski definition) is 0. The van der Waals surface area contributed by atoms with E-state index in [1.807, 2.05) is 13.0 Å². The van der Waals surface area contributed by atoms with E-state index < -0.39 is 0 Å². The summed E-state index contributed by atoms with van der Waals surface area (Å²) in [6, 6.07) is 8.34. The van der Waals surface area contributed by atoms with Crippen LogP contribution in [0.3, 0.4) is 0 Å². The number of thiazole rings is 1. The van der Waals surface area contributed by atoms with Gasteiger partial charge in [-0.05, 0) is 31.4 Å². The standard InChI is InChI=1S/C16H18N2OS/c1-4-13-14(10-17)20-15(18-13)8-9-19-16-11(2)6-5-7-12(16)3/h5-7H,4,8-9H2,1-3H3. The summed E-state index contributed by atoms with van der Waals surface area (Å²) in [4.78, 5) is 5.22. The minimum atomic E-state index is 0.591. The Hall–Kier alpha value is -1.86. The van der Waals surface area contributed by atoms with Gasteiger partial charge in [0.15, 0.2) is 0 Å². The van der Waals surface area contributed by atoms with Crippen molar-refractivity contribution in [1.82, 2.24) is 4.98 Å². The Morgan fingerprint density at radius 3 is 2.55 bits per heavy atom. The lowest BCUT2D eigenvalue weighted by Crippen LogP contribution is -2.03. The van der Waals surface area contributed by atoms with Gasteiger partial charge >= 0.3 is 0 Å². The molecule has 4 heteroatoms. The van der Waals surface area contributed by atoms with Gasteiger partial charge in [-0.3, -0.25) is 0 Å². The Morgan fingerprint density at radius 2 is 2.00 bits per heavy atom. The molecule has 2 aromatic rings. The Kier molecular flexibility index (Phi) is 4.75. The van der Waals surface area contributed by atoms with E-state index >= 15 is 0 Å². The van der Waals surface area contributed by atoms with Crippen LogP contribution in [0.4, 0.5) is 0 Å². The first-order chi connectivity index (χ1) is 9.65. The molecule has 0 fully saturated rings. The van der Waals surface area contributed by atoms with E-state index in [2.05, 4.69) is 37.0 Å². The Labute approximate surface area is 123 Å². The molecule has 0 unspecified atom stereocenters. The summed E-state index contributed by atoms with van der Waals surface area (Å²) >= 11 is 1.48. The molecule has 1 aromatic carbocycles. The molecule has 104 valence electrons. The number of ether oxygens (including phenoxy) is 1. The maximum Gasteiger partial charge on any atom is 0.128 e. The number of nitrogens with zero attached hydrogens (tertiary/aromatic N) is 2. The highest BCUT2D eigenvalue weighted by atomic mass is 32.1. The third kappa shape index (κ3) is 3.17. The lowest BCUT2D eigenvalue weighted by molar-refractivity contribution is 0.317. The summed E-state index contributed by atoms with van der Waals surface area (Å²) in [6.45, 7) is 6.71. The van der Waals surface area contributed by atoms with Gasteiger partial charge in [-0.2, -0.15) is 5.26 Å². The molecule has 0 N–H and O–H groups in total. The molecule has 20 heavy (non-hydrogen) atoms. The van der Waals surface area contributed by atoms with E-state index in [-0.39, 0.29) is 0 Å². The normalized spacial score (nSPS) is 10.3. The molecular weight excluding hydrogens is 268 g/mol. The molecule has 3 nitrogen and oxygen atoms in total. The van der Waals surface area contributed by atoms with E-state index in [0.29, 0.717) is 6.61 Å². The second kappa shape index (κ2) is 6.53. The SMILES string of the molecule is CCc1nc(CCOc2c(C)cccc2C)sc1C#N. The van der Waals surface area contributed by atoms with Crippen molar-refractivity contribution in [1.29, 1.82) is 5.26 Å². The van der Waals surface area contributed by atoms with Crippen LogP contribution in [0.1, 0.15) is 33.6 Å². The Morgan fingerprint density at radius 1 is 1.30 bits per heavy atom. The number of hydrogen-bond acceptors (Lipinski definition) is 4. The second-order valence-electron chi connectivity index (χ2n) is 4.67. The molecule has 0 bridgehead atoms. The number of aryl methyl sites for hydroxylation is 3. The predicted molar refractivity (Wildman–Crippen MR) is 81.3 cm³/mol. The van der Waals surface area contributed by atoms with Crippen molar-refractivity contribution in [3.63, 3.8) is 0 Å². The number of aromatic nitrogens is 1. The van der Waals surface area contributed by atoms with Crippen LogP contribution in [0.25, 0.3) is 0 Å². The van der Waals surface area contributed by atoms with Crippen molar-refractivity contribution < 1.29 is 4.74 Å². The van der Waals surface area contributed by atoms with Crippen LogP contribution in [-0.2, 0) is 12.8 Å². The lowest BCUT2D eigenvalue weighted by Gasteiger charge is -2.10. The Balaban J connectivity index is 2.00. The van der Waals surface area contributed by atoms with Crippen molar-refractivity contribution >= 4 is 11.3 Å². The molecule has 0 aliphatic carbocycles. The zero-order valence-electron chi connectivity index (χ0n) is 12.1. The lowest BCUT2D eigenvalue weighted by atomic mass is 10.1. The van der Waals surface area contributed by atoms with E-state index in [9.17, 15) is 0 Å². The molecular formula is C16H18N2OS. The van der Waals surface area contributed by atoms with Crippen LogP contribution in [0.15, 0.2) is 18.2 Å². The third-order valence-corrected chi connectivity index (χ3v) is 4.21. The Bertz CT molecular complexity index is 620. The van der Waals surface area contributed by atoms with Crippen molar-refractivity contribution in [3.8, 4) is 11.8 Å². The predicted octanol–water partition coefficient (Wildman–Crippen LogP) is 3.82. The molecule has 0 atom stereocenters. The molecule has 0 radical (unpaired) electrons. The zero-order valence-corrected chi connectivity index (χ0v) is 12.9. The van der Waals surface area contributed by atoms with Gasteiger partial charge in [0.1, 0.15) is 16.7 Å². The largest absolute Gasteiger partial charge is 0.493 e. The summed E-state index contributed by atoms with van der Waals surface area (Å²) in [5.41, 5.74) is 3.20. The van der Waals surface area contributed by atoms with Crippen LogP contribution in [0.2, 0.25) is 0 Å². The second-order valence-corrected chi connectivity index (χ2v) is 5.75. The van der Waals surface area contributed by atoms with Crippen molar-refractivity contribution in [2.24, 2.45) is 0 Å². The fraction of sp³-hybridized carbons (Fsp3) is 0.375. The zero-order chi connectivity index (χ0) is 14.5. The van der Waals surface area contributed by atoms with E-state index in [1.54, 1.807) is 0 Å². The summed E-state index contributed by atoms with van der Waals surface area (Å²) in [5, 5.41) is 10.0. The number of rotatable bonds is 5. The maximum absolute atomic E-state index is 9.03. The van der Waals surface area contributed by atoms with Crippen LogP contribution in [-0.4, -0.2) is 11.6 Å². The van der Waals surface area contributed by atoms with Crippen LogP contribution in [0.5, 0.6) is 5.75 Å². The minimum absolute atomic E-state index is 0.591. The average molecular weight is 286 g/mol. The van der Waals surface area contributed by atoms with Crippen molar-refractivity contribution in [2.75, 3.05) is 6.61 Å². The molecule has 0 aliphatic rings. The number of benzene rings is 1. The first-order valence-electron chi connectivity index (χ1n) is 6.73. The summed E-state index contributed by atoms with van der Waals surface area (Å²) < 4.78 is 5.87. The molecule has 1 aromatic heterocycles. The number of para-hydroxylation sites is 1. The van der Waals surface area contributed by atoms with Gasteiger partial charge in [-0.1, -0.05) is 25.1 Å². The molecule has 1 heterocycles. The fourth-order valence-corrected chi connectivity index (χ4v) is 3.03. The van der Waals surface area contributed by atoms with Gasteiger partial charge in [0, 0.05) is 6.42 Å². The average Bonchev–Trinajstić information content (AvgIpc) is 2.84. The van der Waals surface area contributed by atoms with Crippen molar-refractivity contribution in [2.45, 2.75) is 33.6 Å². The highest BCUT2D eigenvalue weighted by Crippen LogP contribution is 2.23. The van der Waals surface area contributed by atoms with Gasteiger partial charge in [0.25, 0.3) is 0 Å². The summed E-state index contributed by atoms with van der Waals surface area (Å²) in [7, 11) is 0. The van der Waals surface area contributed by atoms with Crippen LogP contribution in [0, 0.1) is 25.2 Å². The van der Waals surface area contributed by atoms with Gasteiger partial charge < -0.3 is 4.74 Å². The van der Waals surface area contributed by atoms with Gasteiger partial charge in [0.2, 0.25) is 0 Å². The van der Waals surface area contributed by atoms with Gasteiger partial charge in [-0.15, -0.1) is 11.3 Å². The number of nitriles is 1. The van der Waals surface area contributed by atoms with E-state index in [1.165, 1.54) is 11.3 Å². The molecule has 2 rings (SSSR count). The monoisotopic (exact) mass is 286 g/mol. The highest BCUT2D eigenvalue weighted by Gasteiger charge is 2.10. The highest BCUT2D eigenvalue weighted by molar-refractivity contribution is 7.12. The van der Waals surface area contributed by atoms with Gasteiger partial charge in [0.05, 0.1) is 17.3 Å².